The molecule has 1 aromatic rings. The van der Waals surface area contributed by atoms with E-state index in [1.165, 1.54) is 43.2 Å². The normalized spacial score (nSPS) is 12.6. The average molecular weight is 360 g/mol. The minimum Gasteiger partial charge on any atom is -0.373 e. The first-order valence-electron chi connectivity index (χ1n) is 7.02. The molecule has 0 fully saturated rings. The highest BCUT2D eigenvalue weighted by Gasteiger charge is 2.11. The second kappa shape index (κ2) is 9.79. The van der Waals surface area contributed by atoms with Crippen LogP contribution in [0.25, 0.3) is 0 Å². The molecule has 0 aliphatic carbocycles. The first-order valence-corrected chi connectivity index (χ1v) is 8.55. The van der Waals surface area contributed by atoms with Gasteiger partial charge in [-0.25, -0.2) is 0 Å². The highest BCUT2D eigenvalue weighted by molar-refractivity contribution is 14.1. The Morgan fingerprint density at radius 2 is 1.83 bits per heavy atom. The summed E-state index contributed by atoms with van der Waals surface area (Å²) in [6.45, 7) is 5.31. The van der Waals surface area contributed by atoms with Crippen molar-refractivity contribution in [2.45, 2.75) is 52.1 Å². The fourth-order valence-corrected chi connectivity index (χ4v) is 2.83. The molecule has 18 heavy (non-hydrogen) atoms. The summed E-state index contributed by atoms with van der Waals surface area (Å²) in [5.41, 5.74) is 2.69. The SMILES string of the molecule is CCCCCCCOC(CI)c1ccccc1C. The summed E-state index contributed by atoms with van der Waals surface area (Å²) >= 11 is 2.42. The highest BCUT2D eigenvalue weighted by atomic mass is 127. The Balaban J connectivity index is 2.32. The molecule has 0 amide bonds. The van der Waals surface area contributed by atoms with E-state index in [0.29, 0.717) is 0 Å². The lowest BCUT2D eigenvalue weighted by molar-refractivity contribution is 0.0675. The van der Waals surface area contributed by atoms with Crippen LogP contribution in [0.2, 0.25) is 0 Å². The molecule has 102 valence electrons. The van der Waals surface area contributed by atoms with Crippen LogP contribution in [-0.4, -0.2) is 11.0 Å². The molecule has 0 saturated carbocycles. The van der Waals surface area contributed by atoms with Crippen molar-refractivity contribution in [1.82, 2.24) is 0 Å². The van der Waals surface area contributed by atoms with Crippen molar-refractivity contribution in [2.75, 3.05) is 11.0 Å². The zero-order chi connectivity index (χ0) is 13.2. The summed E-state index contributed by atoms with van der Waals surface area (Å²) in [6, 6.07) is 8.55. The Kier molecular flexibility index (Phi) is 8.68. The van der Waals surface area contributed by atoms with E-state index in [9.17, 15) is 0 Å². The predicted octanol–water partition coefficient (Wildman–Crippen LogP) is 5.46. The molecule has 1 nitrogen and oxygen atoms in total. The van der Waals surface area contributed by atoms with Gasteiger partial charge in [-0.2, -0.15) is 0 Å². The van der Waals surface area contributed by atoms with Crippen molar-refractivity contribution in [3.8, 4) is 0 Å². The van der Waals surface area contributed by atoms with Gasteiger partial charge in [-0.3, -0.25) is 0 Å². The summed E-state index contributed by atoms with van der Waals surface area (Å²) in [6.07, 6.45) is 6.76. The van der Waals surface area contributed by atoms with Gasteiger partial charge in [0, 0.05) is 11.0 Å². The Bertz CT molecular complexity index is 325. The Morgan fingerprint density at radius 3 is 2.50 bits per heavy atom. The van der Waals surface area contributed by atoms with Crippen LogP contribution in [0.3, 0.4) is 0 Å². The topological polar surface area (TPSA) is 9.23 Å². The molecule has 0 bridgehead atoms. The van der Waals surface area contributed by atoms with Crippen molar-refractivity contribution in [3.05, 3.63) is 35.4 Å². The molecule has 0 saturated heterocycles. The summed E-state index contributed by atoms with van der Waals surface area (Å²) in [7, 11) is 0. The van der Waals surface area contributed by atoms with E-state index < -0.39 is 0 Å². The van der Waals surface area contributed by atoms with Gasteiger partial charge < -0.3 is 4.74 Å². The van der Waals surface area contributed by atoms with E-state index in [2.05, 4.69) is 60.7 Å². The molecule has 0 N–H and O–H groups in total. The van der Waals surface area contributed by atoms with Crippen LogP contribution in [-0.2, 0) is 4.74 Å². The highest BCUT2D eigenvalue weighted by Crippen LogP contribution is 2.23. The lowest BCUT2D eigenvalue weighted by atomic mass is 10.0. The van der Waals surface area contributed by atoms with Crippen LogP contribution in [0.1, 0.15) is 56.3 Å². The van der Waals surface area contributed by atoms with Crippen molar-refractivity contribution >= 4 is 22.6 Å². The summed E-state index contributed by atoms with van der Waals surface area (Å²) in [5, 5.41) is 0. The van der Waals surface area contributed by atoms with E-state index in [-0.39, 0.29) is 6.10 Å². The molecule has 0 aliphatic rings. The van der Waals surface area contributed by atoms with Crippen molar-refractivity contribution in [1.29, 1.82) is 0 Å². The van der Waals surface area contributed by atoms with Gasteiger partial charge in [-0.1, -0.05) is 79.5 Å². The zero-order valence-corrected chi connectivity index (χ0v) is 13.8. The second-order valence-electron chi connectivity index (χ2n) is 4.78. The van der Waals surface area contributed by atoms with Crippen LogP contribution in [0.5, 0.6) is 0 Å². The van der Waals surface area contributed by atoms with Crippen molar-refractivity contribution in [2.24, 2.45) is 0 Å². The Hall–Kier alpha value is -0.0900. The maximum Gasteiger partial charge on any atom is 0.0916 e. The van der Waals surface area contributed by atoms with Crippen molar-refractivity contribution in [3.63, 3.8) is 0 Å². The van der Waals surface area contributed by atoms with Gasteiger partial charge in [0.15, 0.2) is 0 Å². The molecular formula is C16H25IO. The number of hydrogen-bond acceptors (Lipinski definition) is 1. The van der Waals surface area contributed by atoms with Crippen molar-refractivity contribution < 1.29 is 4.74 Å². The molecule has 0 radical (unpaired) electrons. The van der Waals surface area contributed by atoms with E-state index in [1.54, 1.807) is 0 Å². The maximum absolute atomic E-state index is 6.03. The Labute approximate surface area is 125 Å². The van der Waals surface area contributed by atoms with Gasteiger partial charge in [-0.15, -0.1) is 0 Å². The van der Waals surface area contributed by atoms with Gasteiger partial charge in [0.25, 0.3) is 0 Å². The van der Waals surface area contributed by atoms with Crippen LogP contribution >= 0.6 is 22.6 Å². The third-order valence-corrected chi connectivity index (χ3v) is 4.04. The summed E-state index contributed by atoms with van der Waals surface area (Å²) in [5.74, 6) is 0. The monoisotopic (exact) mass is 360 g/mol. The average Bonchev–Trinajstić information content (AvgIpc) is 2.39. The molecule has 1 unspecified atom stereocenters. The van der Waals surface area contributed by atoms with Gasteiger partial charge in [0.2, 0.25) is 0 Å². The van der Waals surface area contributed by atoms with E-state index in [4.69, 9.17) is 4.74 Å². The molecule has 0 spiro atoms. The molecule has 2 heteroatoms. The van der Waals surface area contributed by atoms with Crippen LogP contribution < -0.4 is 0 Å². The number of halogens is 1. The number of ether oxygens (including phenoxy) is 1. The Morgan fingerprint density at radius 1 is 1.11 bits per heavy atom. The number of aryl methyl sites for hydroxylation is 1. The second-order valence-corrected chi connectivity index (χ2v) is 5.67. The quantitative estimate of drug-likeness (QED) is 0.323. The number of unbranched alkanes of at least 4 members (excludes halogenated alkanes) is 4. The fraction of sp³-hybridized carbons (Fsp3) is 0.625. The lowest BCUT2D eigenvalue weighted by Gasteiger charge is -2.18. The fourth-order valence-electron chi connectivity index (χ4n) is 2.10. The lowest BCUT2D eigenvalue weighted by Crippen LogP contribution is -2.08. The molecular weight excluding hydrogens is 335 g/mol. The van der Waals surface area contributed by atoms with Gasteiger partial charge in [0.1, 0.15) is 0 Å². The van der Waals surface area contributed by atoms with Crippen LogP contribution in [0.15, 0.2) is 24.3 Å². The first-order chi connectivity index (χ1) is 8.79. The molecule has 1 rings (SSSR count). The molecule has 0 aromatic heterocycles. The van der Waals surface area contributed by atoms with Gasteiger partial charge >= 0.3 is 0 Å². The van der Waals surface area contributed by atoms with E-state index in [1.807, 2.05) is 0 Å². The smallest absolute Gasteiger partial charge is 0.0916 e. The number of benzene rings is 1. The van der Waals surface area contributed by atoms with E-state index >= 15 is 0 Å². The van der Waals surface area contributed by atoms with E-state index in [0.717, 1.165) is 11.0 Å². The molecule has 1 aromatic carbocycles. The zero-order valence-electron chi connectivity index (χ0n) is 11.6. The summed E-state index contributed by atoms with van der Waals surface area (Å²) in [4.78, 5) is 0. The minimum atomic E-state index is 0.262. The predicted molar refractivity (Wildman–Crippen MR) is 87.5 cm³/mol. The third-order valence-electron chi connectivity index (χ3n) is 3.24. The first kappa shape index (κ1) is 16.0. The molecule has 0 aliphatic heterocycles. The van der Waals surface area contributed by atoms with Gasteiger partial charge in [0.05, 0.1) is 6.10 Å². The minimum absolute atomic E-state index is 0.262. The van der Waals surface area contributed by atoms with Crippen LogP contribution in [0, 0.1) is 6.92 Å². The standard InChI is InChI=1S/C16H25IO/c1-3-4-5-6-9-12-18-16(13-17)15-11-8-7-10-14(15)2/h7-8,10-11,16H,3-6,9,12-13H2,1-2H3. The molecule has 1 atom stereocenters. The van der Waals surface area contributed by atoms with Crippen LogP contribution in [0.4, 0.5) is 0 Å². The third kappa shape index (κ3) is 5.70. The maximum atomic E-state index is 6.03. The van der Waals surface area contributed by atoms with Gasteiger partial charge in [-0.05, 0) is 24.5 Å². The number of rotatable bonds is 9. The number of alkyl halides is 1. The largest absolute Gasteiger partial charge is 0.373 e. The summed E-state index contributed by atoms with van der Waals surface area (Å²) < 4.78 is 7.06. The molecule has 0 heterocycles. The number of hydrogen-bond donors (Lipinski definition) is 0.